The number of benzene rings is 2. The lowest BCUT2D eigenvalue weighted by Crippen LogP contribution is -1.87. The Morgan fingerprint density at radius 3 is 2.50 bits per heavy atom. The molecule has 2 N–H and O–H groups in total. The van der Waals surface area contributed by atoms with Gasteiger partial charge >= 0.3 is 0 Å². The fourth-order valence-corrected chi connectivity index (χ4v) is 3.09. The Labute approximate surface area is 121 Å². The van der Waals surface area contributed by atoms with Gasteiger partial charge in [-0.1, -0.05) is 35.3 Å². The van der Waals surface area contributed by atoms with E-state index in [2.05, 4.69) is 12.1 Å². The summed E-state index contributed by atoms with van der Waals surface area (Å²) in [5.41, 5.74) is 8.58. The van der Waals surface area contributed by atoms with Crippen LogP contribution in [0.2, 0.25) is 10.0 Å². The third-order valence-corrected chi connectivity index (χ3v) is 4.30. The first-order valence-electron chi connectivity index (χ1n) is 5.49. The van der Waals surface area contributed by atoms with E-state index in [0.717, 1.165) is 21.2 Å². The Morgan fingerprint density at radius 1 is 1.06 bits per heavy atom. The molecule has 0 bridgehead atoms. The summed E-state index contributed by atoms with van der Waals surface area (Å²) in [6.07, 6.45) is 0. The Balaban J connectivity index is 2.09. The van der Waals surface area contributed by atoms with Gasteiger partial charge in [0, 0.05) is 15.7 Å². The van der Waals surface area contributed by atoms with E-state index >= 15 is 0 Å². The van der Waals surface area contributed by atoms with Crippen molar-refractivity contribution in [2.75, 3.05) is 5.73 Å². The van der Waals surface area contributed by atoms with Crippen LogP contribution in [0.15, 0.2) is 41.3 Å². The Hall–Kier alpha value is -0.830. The third-order valence-electron chi connectivity index (χ3n) is 2.57. The molecule has 0 heterocycles. The number of halogens is 2. The van der Waals surface area contributed by atoms with Crippen LogP contribution in [0.25, 0.3) is 0 Å². The molecule has 0 radical (unpaired) electrons. The molecule has 2 rings (SSSR count). The molecule has 4 heteroatoms. The highest BCUT2D eigenvalue weighted by molar-refractivity contribution is 7.98. The second-order valence-electron chi connectivity index (χ2n) is 4.07. The Bertz CT molecular complexity index is 570. The molecule has 0 saturated carbocycles. The third kappa shape index (κ3) is 3.35. The van der Waals surface area contributed by atoms with Gasteiger partial charge in [0.2, 0.25) is 0 Å². The van der Waals surface area contributed by atoms with Crippen molar-refractivity contribution in [3.63, 3.8) is 0 Å². The fourth-order valence-electron chi connectivity index (χ4n) is 1.53. The number of hydrogen-bond donors (Lipinski definition) is 1. The standard InChI is InChI=1S/C14H13Cl2NS/c1-9-2-3-10(12(15)6-9)8-18-11-4-5-14(17)13(16)7-11/h2-7H,8,17H2,1H3. The second kappa shape index (κ2) is 5.87. The van der Waals surface area contributed by atoms with E-state index in [1.54, 1.807) is 11.8 Å². The molecule has 0 aromatic heterocycles. The van der Waals surface area contributed by atoms with Crippen molar-refractivity contribution < 1.29 is 0 Å². The van der Waals surface area contributed by atoms with Crippen LogP contribution in [-0.2, 0) is 5.75 Å². The lowest BCUT2D eigenvalue weighted by atomic mass is 10.2. The molecule has 0 amide bonds. The van der Waals surface area contributed by atoms with Gasteiger partial charge in [-0.05, 0) is 42.3 Å². The van der Waals surface area contributed by atoms with E-state index in [4.69, 9.17) is 28.9 Å². The number of nitrogen functional groups attached to an aromatic ring is 1. The summed E-state index contributed by atoms with van der Waals surface area (Å²) in [6, 6.07) is 11.8. The van der Waals surface area contributed by atoms with Crippen LogP contribution < -0.4 is 5.73 Å². The minimum atomic E-state index is 0.593. The minimum Gasteiger partial charge on any atom is -0.398 e. The summed E-state index contributed by atoms with van der Waals surface area (Å²) in [6.45, 7) is 2.03. The summed E-state index contributed by atoms with van der Waals surface area (Å²) in [4.78, 5) is 1.09. The zero-order valence-corrected chi connectivity index (χ0v) is 12.2. The smallest absolute Gasteiger partial charge is 0.0646 e. The van der Waals surface area contributed by atoms with Gasteiger partial charge in [0.05, 0.1) is 10.7 Å². The van der Waals surface area contributed by atoms with Crippen LogP contribution in [-0.4, -0.2) is 0 Å². The van der Waals surface area contributed by atoms with E-state index in [1.165, 1.54) is 5.56 Å². The summed E-state index contributed by atoms with van der Waals surface area (Å²) >= 11 is 13.9. The van der Waals surface area contributed by atoms with Crippen LogP contribution >= 0.6 is 35.0 Å². The van der Waals surface area contributed by atoms with Gasteiger partial charge in [0.25, 0.3) is 0 Å². The van der Waals surface area contributed by atoms with Crippen LogP contribution in [0, 0.1) is 6.92 Å². The molecule has 2 aromatic rings. The molecule has 0 aliphatic rings. The summed E-state index contributed by atoms with van der Waals surface area (Å²) in [5.74, 6) is 0.819. The predicted molar refractivity (Wildman–Crippen MR) is 81.6 cm³/mol. The average Bonchev–Trinajstić information content (AvgIpc) is 2.32. The topological polar surface area (TPSA) is 26.0 Å². The molecular formula is C14H13Cl2NS. The SMILES string of the molecule is Cc1ccc(CSc2ccc(N)c(Cl)c2)c(Cl)c1. The number of rotatable bonds is 3. The molecular weight excluding hydrogens is 285 g/mol. The fraction of sp³-hybridized carbons (Fsp3) is 0.143. The highest BCUT2D eigenvalue weighted by Crippen LogP contribution is 2.30. The lowest BCUT2D eigenvalue weighted by Gasteiger charge is -2.06. The molecule has 18 heavy (non-hydrogen) atoms. The molecule has 0 aliphatic heterocycles. The number of nitrogens with two attached hydrogens (primary N) is 1. The number of anilines is 1. The molecule has 0 fully saturated rings. The van der Waals surface area contributed by atoms with Crippen molar-refractivity contribution in [1.29, 1.82) is 0 Å². The first-order valence-corrected chi connectivity index (χ1v) is 7.23. The molecule has 0 saturated heterocycles. The number of thioether (sulfide) groups is 1. The van der Waals surface area contributed by atoms with E-state index in [9.17, 15) is 0 Å². The van der Waals surface area contributed by atoms with Crippen LogP contribution in [0.5, 0.6) is 0 Å². The van der Waals surface area contributed by atoms with Crippen LogP contribution in [0.4, 0.5) is 5.69 Å². The Morgan fingerprint density at radius 2 is 1.83 bits per heavy atom. The van der Waals surface area contributed by atoms with Gasteiger partial charge in [-0.2, -0.15) is 0 Å². The van der Waals surface area contributed by atoms with E-state index in [1.807, 2.05) is 31.2 Å². The molecule has 1 nitrogen and oxygen atoms in total. The van der Waals surface area contributed by atoms with Crippen LogP contribution in [0.1, 0.15) is 11.1 Å². The zero-order valence-electron chi connectivity index (χ0n) is 9.91. The van der Waals surface area contributed by atoms with Gasteiger partial charge in [0.1, 0.15) is 0 Å². The maximum absolute atomic E-state index is 6.19. The normalized spacial score (nSPS) is 10.6. The first kappa shape index (κ1) is 13.6. The molecule has 94 valence electrons. The summed E-state index contributed by atoms with van der Waals surface area (Å²) < 4.78 is 0. The number of hydrogen-bond acceptors (Lipinski definition) is 2. The van der Waals surface area contributed by atoms with Crippen molar-refractivity contribution in [3.8, 4) is 0 Å². The van der Waals surface area contributed by atoms with Crippen molar-refractivity contribution in [1.82, 2.24) is 0 Å². The van der Waals surface area contributed by atoms with Gasteiger partial charge in [-0.3, -0.25) is 0 Å². The maximum Gasteiger partial charge on any atom is 0.0646 e. The van der Waals surface area contributed by atoms with Crippen molar-refractivity contribution in [3.05, 3.63) is 57.6 Å². The molecule has 0 unspecified atom stereocenters. The predicted octanol–water partition coefficient (Wildman–Crippen LogP) is 5.18. The molecule has 0 aliphatic carbocycles. The maximum atomic E-state index is 6.19. The minimum absolute atomic E-state index is 0.593. The van der Waals surface area contributed by atoms with Crippen molar-refractivity contribution in [2.24, 2.45) is 0 Å². The largest absolute Gasteiger partial charge is 0.398 e. The summed E-state index contributed by atoms with van der Waals surface area (Å²) in [7, 11) is 0. The monoisotopic (exact) mass is 297 g/mol. The molecule has 0 atom stereocenters. The highest BCUT2D eigenvalue weighted by Gasteiger charge is 2.03. The lowest BCUT2D eigenvalue weighted by molar-refractivity contribution is 1.35. The number of aryl methyl sites for hydroxylation is 1. The molecule has 2 aromatic carbocycles. The average molecular weight is 298 g/mol. The molecule has 0 spiro atoms. The van der Waals surface area contributed by atoms with Crippen molar-refractivity contribution in [2.45, 2.75) is 17.6 Å². The first-order chi connectivity index (χ1) is 8.56. The zero-order chi connectivity index (χ0) is 13.1. The van der Waals surface area contributed by atoms with E-state index in [0.29, 0.717) is 10.7 Å². The van der Waals surface area contributed by atoms with Crippen LogP contribution in [0.3, 0.4) is 0 Å². The van der Waals surface area contributed by atoms with E-state index < -0.39 is 0 Å². The second-order valence-corrected chi connectivity index (χ2v) is 5.93. The van der Waals surface area contributed by atoms with Gasteiger partial charge in [0.15, 0.2) is 0 Å². The van der Waals surface area contributed by atoms with Gasteiger partial charge in [-0.15, -0.1) is 11.8 Å². The van der Waals surface area contributed by atoms with Gasteiger partial charge in [-0.25, -0.2) is 0 Å². The van der Waals surface area contributed by atoms with Gasteiger partial charge < -0.3 is 5.73 Å². The quantitative estimate of drug-likeness (QED) is 0.624. The highest BCUT2D eigenvalue weighted by atomic mass is 35.5. The van der Waals surface area contributed by atoms with E-state index in [-0.39, 0.29) is 0 Å². The summed E-state index contributed by atoms with van der Waals surface area (Å²) in [5, 5.41) is 1.40. The van der Waals surface area contributed by atoms with Crippen molar-refractivity contribution >= 4 is 40.7 Å². The Kier molecular flexibility index (Phi) is 4.44.